The highest BCUT2D eigenvalue weighted by atomic mass is 15.1. The average Bonchev–Trinajstić information content (AvgIpc) is 2.33. The zero-order valence-corrected chi connectivity index (χ0v) is 11.8. The van der Waals surface area contributed by atoms with Crippen LogP contribution in [0.5, 0.6) is 0 Å². The van der Waals surface area contributed by atoms with Crippen LogP contribution in [0.3, 0.4) is 0 Å². The molecule has 100 valence electrons. The van der Waals surface area contributed by atoms with Gasteiger partial charge in [0.2, 0.25) is 0 Å². The van der Waals surface area contributed by atoms with Crippen LogP contribution in [-0.2, 0) is 13.0 Å². The van der Waals surface area contributed by atoms with Gasteiger partial charge in [0.25, 0.3) is 0 Å². The van der Waals surface area contributed by atoms with E-state index in [0.29, 0.717) is 0 Å². The molecule has 0 heterocycles. The van der Waals surface area contributed by atoms with Crippen LogP contribution in [0.1, 0.15) is 30.4 Å². The molecule has 0 aromatic heterocycles. The summed E-state index contributed by atoms with van der Waals surface area (Å²) < 4.78 is 0. The van der Waals surface area contributed by atoms with Crippen molar-refractivity contribution in [3.05, 3.63) is 35.4 Å². The minimum Gasteiger partial charge on any atom is -0.319 e. The summed E-state index contributed by atoms with van der Waals surface area (Å²) in [6.07, 6.45) is 5.44. The quantitative estimate of drug-likeness (QED) is 0.796. The molecule has 1 fully saturated rings. The van der Waals surface area contributed by atoms with Crippen LogP contribution in [0.2, 0.25) is 0 Å². The van der Waals surface area contributed by atoms with Gasteiger partial charge in [-0.25, -0.2) is 0 Å². The van der Waals surface area contributed by atoms with E-state index < -0.39 is 0 Å². The van der Waals surface area contributed by atoms with Crippen molar-refractivity contribution in [1.82, 2.24) is 10.2 Å². The number of rotatable bonds is 7. The lowest BCUT2D eigenvalue weighted by atomic mass is 9.85. The van der Waals surface area contributed by atoms with E-state index in [2.05, 4.69) is 41.5 Å². The number of benzene rings is 1. The normalized spacial score (nSPS) is 15.9. The molecule has 1 saturated carbocycles. The number of nitrogens with zero attached hydrogens (tertiary/aromatic N) is 1. The number of nitrogens with one attached hydrogen (secondary N) is 1. The van der Waals surface area contributed by atoms with Crippen molar-refractivity contribution in [3.8, 4) is 0 Å². The van der Waals surface area contributed by atoms with Crippen molar-refractivity contribution in [2.24, 2.45) is 5.92 Å². The van der Waals surface area contributed by atoms with Crippen molar-refractivity contribution in [2.75, 3.05) is 27.2 Å². The van der Waals surface area contributed by atoms with Crippen LogP contribution in [0, 0.1) is 5.92 Å². The second kappa shape index (κ2) is 6.91. The molecule has 0 bridgehead atoms. The third-order valence-corrected chi connectivity index (χ3v) is 4.00. The van der Waals surface area contributed by atoms with E-state index in [4.69, 9.17) is 0 Å². The molecule has 0 radical (unpaired) electrons. The number of hydrogen-bond donors (Lipinski definition) is 1. The van der Waals surface area contributed by atoms with Crippen molar-refractivity contribution >= 4 is 0 Å². The van der Waals surface area contributed by atoms with Crippen LogP contribution < -0.4 is 5.32 Å². The van der Waals surface area contributed by atoms with Crippen molar-refractivity contribution < 1.29 is 0 Å². The fraction of sp³-hybridized carbons (Fsp3) is 0.625. The molecule has 0 atom stereocenters. The van der Waals surface area contributed by atoms with Crippen molar-refractivity contribution in [1.29, 1.82) is 0 Å². The van der Waals surface area contributed by atoms with E-state index in [9.17, 15) is 0 Å². The molecule has 0 spiro atoms. The van der Waals surface area contributed by atoms with E-state index in [1.165, 1.54) is 36.9 Å². The Kier molecular flexibility index (Phi) is 5.21. The summed E-state index contributed by atoms with van der Waals surface area (Å²) in [6.45, 7) is 3.42. The predicted octanol–water partition coefficient (Wildman–Crippen LogP) is 2.68. The highest BCUT2D eigenvalue weighted by molar-refractivity contribution is 5.27. The van der Waals surface area contributed by atoms with Crippen LogP contribution in [-0.4, -0.2) is 32.1 Å². The summed E-state index contributed by atoms with van der Waals surface area (Å²) in [5, 5.41) is 3.23. The standard InChI is InChI=1S/C16H26N2/c1-17-11-10-15-8-3-4-9-16(15)13-18(2)12-14-6-5-7-14/h3-4,8-9,14,17H,5-7,10-13H2,1-2H3. The Hall–Kier alpha value is -0.860. The molecule has 1 aliphatic rings. The van der Waals surface area contributed by atoms with Crippen molar-refractivity contribution in [3.63, 3.8) is 0 Å². The van der Waals surface area contributed by atoms with Crippen LogP contribution in [0.4, 0.5) is 0 Å². The Morgan fingerprint density at radius 3 is 2.56 bits per heavy atom. The molecule has 1 N–H and O–H groups in total. The van der Waals surface area contributed by atoms with E-state index in [1.54, 1.807) is 0 Å². The Labute approximate surface area is 111 Å². The predicted molar refractivity (Wildman–Crippen MR) is 77.7 cm³/mol. The number of likely N-dealkylation sites (N-methyl/N-ethyl adjacent to an activating group) is 1. The lowest BCUT2D eigenvalue weighted by molar-refractivity contribution is 0.200. The Morgan fingerprint density at radius 1 is 1.22 bits per heavy atom. The Morgan fingerprint density at radius 2 is 1.94 bits per heavy atom. The highest BCUT2D eigenvalue weighted by Gasteiger charge is 2.19. The van der Waals surface area contributed by atoms with E-state index in [1.807, 2.05) is 7.05 Å². The molecule has 2 heteroatoms. The summed E-state index contributed by atoms with van der Waals surface area (Å²) >= 11 is 0. The van der Waals surface area contributed by atoms with E-state index in [0.717, 1.165) is 25.4 Å². The molecule has 1 aromatic rings. The van der Waals surface area contributed by atoms with Crippen LogP contribution in [0.15, 0.2) is 24.3 Å². The average molecular weight is 246 g/mol. The zero-order chi connectivity index (χ0) is 12.8. The van der Waals surface area contributed by atoms with Gasteiger partial charge < -0.3 is 10.2 Å². The summed E-state index contributed by atoms with van der Waals surface area (Å²) in [5.74, 6) is 0.958. The maximum absolute atomic E-state index is 3.23. The van der Waals surface area contributed by atoms with Gasteiger partial charge in [-0.05, 0) is 56.9 Å². The monoisotopic (exact) mass is 246 g/mol. The van der Waals surface area contributed by atoms with Gasteiger partial charge in [0.05, 0.1) is 0 Å². The maximum Gasteiger partial charge on any atom is 0.0233 e. The highest BCUT2D eigenvalue weighted by Crippen LogP contribution is 2.27. The topological polar surface area (TPSA) is 15.3 Å². The minimum atomic E-state index is 0.958. The van der Waals surface area contributed by atoms with Gasteiger partial charge in [-0.3, -0.25) is 0 Å². The van der Waals surface area contributed by atoms with Crippen molar-refractivity contribution in [2.45, 2.75) is 32.2 Å². The Balaban J connectivity index is 1.89. The first kappa shape index (κ1) is 13.6. The zero-order valence-electron chi connectivity index (χ0n) is 11.8. The summed E-state index contributed by atoms with van der Waals surface area (Å²) in [6, 6.07) is 8.86. The van der Waals surface area contributed by atoms with Gasteiger partial charge in [0.1, 0.15) is 0 Å². The largest absolute Gasteiger partial charge is 0.319 e. The molecule has 1 aromatic carbocycles. The fourth-order valence-corrected chi connectivity index (χ4v) is 2.69. The molecule has 1 aliphatic carbocycles. The molecular weight excluding hydrogens is 220 g/mol. The van der Waals surface area contributed by atoms with Crippen LogP contribution >= 0.6 is 0 Å². The third-order valence-electron chi connectivity index (χ3n) is 4.00. The Bertz CT molecular complexity index is 358. The molecular formula is C16H26N2. The fourth-order valence-electron chi connectivity index (χ4n) is 2.69. The second-order valence-corrected chi connectivity index (χ2v) is 5.62. The third kappa shape index (κ3) is 3.82. The van der Waals surface area contributed by atoms with Gasteiger partial charge in [-0.15, -0.1) is 0 Å². The molecule has 18 heavy (non-hydrogen) atoms. The van der Waals surface area contributed by atoms with Gasteiger partial charge in [0, 0.05) is 13.1 Å². The lowest BCUT2D eigenvalue weighted by Gasteiger charge is -2.30. The molecule has 0 saturated heterocycles. The van der Waals surface area contributed by atoms with Gasteiger partial charge in [-0.1, -0.05) is 30.7 Å². The first-order valence-electron chi connectivity index (χ1n) is 7.19. The van der Waals surface area contributed by atoms with E-state index >= 15 is 0 Å². The molecule has 0 unspecified atom stereocenters. The van der Waals surface area contributed by atoms with Gasteiger partial charge in [-0.2, -0.15) is 0 Å². The summed E-state index contributed by atoms with van der Waals surface area (Å²) in [5.41, 5.74) is 2.99. The molecule has 2 rings (SSSR count). The molecule has 0 aliphatic heterocycles. The first-order valence-corrected chi connectivity index (χ1v) is 7.19. The second-order valence-electron chi connectivity index (χ2n) is 5.62. The van der Waals surface area contributed by atoms with Crippen LogP contribution in [0.25, 0.3) is 0 Å². The molecule has 0 amide bonds. The maximum atomic E-state index is 3.23. The molecule has 2 nitrogen and oxygen atoms in total. The minimum absolute atomic E-state index is 0.958. The van der Waals surface area contributed by atoms with Gasteiger partial charge >= 0.3 is 0 Å². The first-order chi connectivity index (χ1) is 8.79. The number of hydrogen-bond acceptors (Lipinski definition) is 2. The summed E-state index contributed by atoms with van der Waals surface area (Å²) in [4.78, 5) is 2.49. The van der Waals surface area contributed by atoms with Gasteiger partial charge in [0.15, 0.2) is 0 Å². The smallest absolute Gasteiger partial charge is 0.0233 e. The lowest BCUT2D eigenvalue weighted by Crippen LogP contribution is -2.29. The summed E-state index contributed by atoms with van der Waals surface area (Å²) in [7, 11) is 4.28. The van der Waals surface area contributed by atoms with E-state index in [-0.39, 0.29) is 0 Å². The SMILES string of the molecule is CNCCc1ccccc1CN(C)CC1CCC1.